The van der Waals surface area contributed by atoms with Gasteiger partial charge in [0.15, 0.2) is 0 Å². The zero-order valence-electron chi connectivity index (χ0n) is 11.5. The van der Waals surface area contributed by atoms with Crippen LogP contribution in [0.3, 0.4) is 0 Å². The Morgan fingerprint density at radius 2 is 2.10 bits per heavy atom. The summed E-state index contributed by atoms with van der Waals surface area (Å²) >= 11 is 0. The van der Waals surface area contributed by atoms with Crippen molar-refractivity contribution in [3.05, 3.63) is 29.3 Å². The Morgan fingerprint density at radius 1 is 1.40 bits per heavy atom. The van der Waals surface area contributed by atoms with Crippen LogP contribution in [-0.4, -0.2) is 31.3 Å². The van der Waals surface area contributed by atoms with Crippen LogP contribution in [0.25, 0.3) is 0 Å². The van der Waals surface area contributed by atoms with Crippen molar-refractivity contribution in [3.8, 4) is 0 Å². The number of hydrogen-bond acceptors (Lipinski definition) is 3. The third kappa shape index (κ3) is 2.49. The Bertz CT molecular complexity index is 583. The largest absolute Gasteiger partial charge is 0.369 e. The van der Waals surface area contributed by atoms with Gasteiger partial charge in [-0.3, -0.25) is 14.4 Å². The SMILES string of the molecule is CNC(=O)c1ccc(N2CC(C(N)=O)CC2=O)c(C)c1. The molecule has 20 heavy (non-hydrogen) atoms. The summed E-state index contributed by atoms with van der Waals surface area (Å²) in [4.78, 5) is 36.2. The first-order valence-electron chi connectivity index (χ1n) is 6.36. The standard InChI is InChI=1S/C14H17N3O3/c1-8-5-9(14(20)16-2)3-4-11(8)17-7-10(13(15)19)6-12(17)18/h3-5,10H,6-7H2,1-2H3,(H2,15,19)(H,16,20). The zero-order chi connectivity index (χ0) is 14.9. The van der Waals surface area contributed by atoms with Crippen molar-refractivity contribution in [2.24, 2.45) is 11.7 Å². The van der Waals surface area contributed by atoms with Gasteiger partial charge in [0.1, 0.15) is 0 Å². The number of anilines is 1. The molecule has 6 nitrogen and oxygen atoms in total. The molecule has 0 saturated carbocycles. The molecule has 1 fully saturated rings. The van der Waals surface area contributed by atoms with Crippen LogP contribution in [0, 0.1) is 12.8 Å². The molecule has 1 aromatic rings. The number of nitrogens with one attached hydrogen (secondary N) is 1. The summed E-state index contributed by atoms with van der Waals surface area (Å²) in [5.41, 5.74) is 7.31. The molecule has 1 aliphatic rings. The number of benzene rings is 1. The normalized spacial score (nSPS) is 18.2. The number of primary amides is 1. The van der Waals surface area contributed by atoms with Crippen molar-refractivity contribution in [1.82, 2.24) is 5.32 Å². The molecule has 0 aromatic heterocycles. The highest BCUT2D eigenvalue weighted by molar-refractivity contribution is 6.01. The second kappa shape index (κ2) is 5.32. The smallest absolute Gasteiger partial charge is 0.251 e. The van der Waals surface area contributed by atoms with Crippen molar-refractivity contribution < 1.29 is 14.4 Å². The van der Waals surface area contributed by atoms with E-state index in [0.29, 0.717) is 17.8 Å². The highest BCUT2D eigenvalue weighted by Gasteiger charge is 2.34. The predicted molar refractivity (Wildman–Crippen MR) is 74.2 cm³/mol. The van der Waals surface area contributed by atoms with Crippen molar-refractivity contribution in [1.29, 1.82) is 0 Å². The van der Waals surface area contributed by atoms with Gasteiger partial charge in [-0.25, -0.2) is 0 Å². The van der Waals surface area contributed by atoms with Crippen molar-refractivity contribution in [2.75, 3.05) is 18.5 Å². The van der Waals surface area contributed by atoms with Gasteiger partial charge in [-0.1, -0.05) is 0 Å². The van der Waals surface area contributed by atoms with Crippen LogP contribution in [-0.2, 0) is 9.59 Å². The number of nitrogens with zero attached hydrogens (tertiary/aromatic N) is 1. The van der Waals surface area contributed by atoms with E-state index < -0.39 is 11.8 Å². The Balaban J connectivity index is 2.28. The lowest BCUT2D eigenvalue weighted by Crippen LogP contribution is -2.29. The maximum Gasteiger partial charge on any atom is 0.251 e. The molecule has 106 valence electrons. The molecule has 1 aromatic carbocycles. The van der Waals surface area contributed by atoms with Crippen molar-refractivity contribution >= 4 is 23.4 Å². The van der Waals surface area contributed by atoms with Crippen LogP contribution < -0.4 is 16.0 Å². The summed E-state index contributed by atoms with van der Waals surface area (Å²) in [5.74, 6) is -1.20. The number of amides is 3. The van der Waals surface area contributed by atoms with Gasteiger partial charge >= 0.3 is 0 Å². The van der Waals surface area contributed by atoms with E-state index in [0.717, 1.165) is 5.56 Å². The van der Waals surface area contributed by atoms with Gasteiger partial charge in [-0.05, 0) is 30.7 Å². The Hall–Kier alpha value is -2.37. The minimum Gasteiger partial charge on any atom is -0.369 e. The van der Waals surface area contributed by atoms with Gasteiger partial charge in [0.2, 0.25) is 11.8 Å². The van der Waals surface area contributed by atoms with Gasteiger partial charge < -0.3 is 16.0 Å². The molecule has 2 rings (SSSR count). The van der Waals surface area contributed by atoms with Crippen molar-refractivity contribution in [3.63, 3.8) is 0 Å². The Labute approximate surface area is 116 Å². The minimum atomic E-state index is -0.458. The average molecular weight is 275 g/mol. The lowest BCUT2D eigenvalue weighted by molar-refractivity contribution is -0.123. The van der Waals surface area contributed by atoms with Crippen molar-refractivity contribution in [2.45, 2.75) is 13.3 Å². The minimum absolute atomic E-state index is 0.121. The molecule has 1 unspecified atom stereocenters. The van der Waals surface area contributed by atoms with Crippen LogP contribution in [0.5, 0.6) is 0 Å². The van der Waals surface area contributed by atoms with E-state index in [4.69, 9.17) is 5.73 Å². The topological polar surface area (TPSA) is 92.5 Å². The molecule has 0 bridgehead atoms. The van der Waals surface area contributed by atoms with E-state index in [1.807, 2.05) is 6.92 Å². The molecule has 1 atom stereocenters. The first kappa shape index (κ1) is 14.0. The molecule has 1 heterocycles. The molecular formula is C14H17N3O3. The molecule has 0 radical (unpaired) electrons. The molecular weight excluding hydrogens is 258 g/mol. The second-order valence-corrected chi connectivity index (χ2v) is 4.89. The third-order valence-electron chi connectivity index (χ3n) is 3.50. The van der Waals surface area contributed by atoms with E-state index in [1.54, 1.807) is 30.1 Å². The van der Waals surface area contributed by atoms with E-state index >= 15 is 0 Å². The van der Waals surface area contributed by atoms with Gasteiger partial charge in [0.25, 0.3) is 5.91 Å². The molecule has 6 heteroatoms. The van der Waals surface area contributed by atoms with E-state index in [1.165, 1.54) is 0 Å². The highest BCUT2D eigenvalue weighted by atomic mass is 16.2. The van der Waals surface area contributed by atoms with Crippen LogP contribution in [0.2, 0.25) is 0 Å². The molecule has 1 saturated heterocycles. The predicted octanol–water partition coefficient (Wildman–Crippen LogP) is 0.193. The van der Waals surface area contributed by atoms with Crippen LogP contribution in [0.4, 0.5) is 5.69 Å². The van der Waals surface area contributed by atoms with Crippen LogP contribution in [0.15, 0.2) is 18.2 Å². The van der Waals surface area contributed by atoms with Gasteiger partial charge in [-0.15, -0.1) is 0 Å². The fourth-order valence-electron chi connectivity index (χ4n) is 2.37. The van der Waals surface area contributed by atoms with Crippen LogP contribution >= 0.6 is 0 Å². The summed E-state index contributed by atoms with van der Waals surface area (Å²) in [5, 5.41) is 2.55. The van der Waals surface area contributed by atoms with Gasteiger partial charge in [0.05, 0.1) is 5.92 Å². The summed E-state index contributed by atoms with van der Waals surface area (Å²) < 4.78 is 0. The average Bonchev–Trinajstić information content (AvgIpc) is 2.80. The van der Waals surface area contributed by atoms with E-state index in [-0.39, 0.29) is 18.2 Å². The lowest BCUT2D eigenvalue weighted by atomic mass is 10.1. The number of aryl methyl sites for hydroxylation is 1. The number of carbonyl (C=O) groups excluding carboxylic acids is 3. The number of hydrogen-bond donors (Lipinski definition) is 2. The highest BCUT2D eigenvalue weighted by Crippen LogP contribution is 2.28. The molecule has 3 N–H and O–H groups in total. The molecule has 0 aliphatic carbocycles. The van der Waals surface area contributed by atoms with E-state index in [9.17, 15) is 14.4 Å². The quantitative estimate of drug-likeness (QED) is 0.825. The number of nitrogens with two attached hydrogens (primary N) is 1. The first-order chi connectivity index (χ1) is 9.43. The lowest BCUT2D eigenvalue weighted by Gasteiger charge is -2.19. The summed E-state index contributed by atoms with van der Waals surface area (Å²) in [6, 6.07) is 5.10. The summed E-state index contributed by atoms with van der Waals surface area (Å²) in [6.45, 7) is 2.13. The number of carbonyl (C=O) groups is 3. The van der Waals surface area contributed by atoms with Gasteiger partial charge in [0, 0.05) is 31.3 Å². The Kier molecular flexibility index (Phi) is 3.74. The number of rotatable bonds is 3. The second-order valence-electron chi connectivity index (χ2n) is 4.89. The first-order valence-corrected chi connectivity index (χ1v) is 6.36. The van der Waals surface area contributed by atoms with Gasteiger partial charge in [-0.2, -0.15) is 0 Å². The zero-order valence-corrected chi connectivity index (χ0v) is 11.5. The maximum absolute atomic E-state index is 12.0. The maximum atomic E-state index is 12.0. The third-order valence-corrected chi connectivity index (χ3v) is 3.50. The summed E-state index contributed by atoms with van der Waals surface area (Å²) in [6.07, 6.45) is 0.145. The fourth-order valence-corrected chi connectivity index (χ4v) is 2.37. The molecule has 1 aliphatic heterocycles. The summed E-state index contributed by atoms with van der Waals surface area (Å²) in [7, 11) is 1.56. The van der Waals surface area contributed by atoms with E-state index in [2.05, 4.69) is 5.32 Å². The van der Waals surface area contributed by atoms with Crippen LogP contribution in [0.1, 0.15) is 22.3 Å². The monoisotopic (exact) mass is 275 g/mol. The fraction of sp³-hybridized carbons (Fsp3) is 0.357. The molecule has 3 amide bonds. The molecule has 0 spiro atoms. The Morgan fingerprint density at radius 3 is 2.60 bits per heavy atom.